The Balaban J connectivity index is 1.56. The highest BCUT2D eigenvalue weighted by Crippen LogP contribution is 2.26. The van der Waals surface area contributed by atoms with Crippen LogP contribution in [0.4, 0.5) is 0 Å². The van der Waals surface area contributed by atoms with E-state index in [0.29, 0.717) is 28.7 Å². The van der Waals surface area contributed by atoms with Crippen molar-refractivity contribution in [3.63, 3.8) is 0 Å². The number of aromatic nitrogens is 4. The molecule has 8 heteroatoms. The van der Waals surface area contributed by atoms with Crippen LogP contribution in [0.15, 0.2) is 66.2 Å². The van der Waals surface area contributed by atoms with E-state index >= 15 is 0 Å². The molecule has 2 aromatic carbocycles. The summed E-state index contributed by atoms with van der Waals surface area (Å²) in [5, 5.41) is 19.1. The van der Waals surface area contributed by atoms with Crippen molar-refractivity contribution in [1.82, 2.24) is 19.3 Å². The zero-order chi connectivity index (χ0) is 20.2. The molecule has 0 aliphatic heterocycles. The standard InChI is InChI=1S/C21H16ClN5OS/c22-15-5-3-6-16(11-15)27-14-24-25-21(27)29-13-20(28)18-12-26(10-4-9-23)19-8-2-1-7-17(18)19/h1-3,5-8,11-12,14H,4,10,13H2. The molecule has 0 spiro atoms. The topological polar surface area (TPSA) is 76.5 Å². The first-order valence-corrected chi connectivity index (χ1v) is 10.3. The molecule has 0 saturated carbocycles. The molecule has 2 heterocycles. The number of rotatable bonds is 7. The van der Waals surface area contributed by atoms with Gasteiger partial charge in [0, 0.05) is 34.2 Å². The number of fused-ring (bicyclic) bond motifs is 1. The second-order valence-corrected chi connectivity index (χ2v) is 7.72. The zero-order valence-electron chi connectivity index (χ0n) is 15.3. The predicted octanol–water partition coefficient (Wildman–Crippen LogP) is 4.76. The molecule has 0 fully saturated rings. The maximum atomic E-state index is 13.0. The van der Waals surface area contributed by atoms with Crippen molar-refractivity contribution in [3.8, 4) is 11.8 Å². The number of hydrogen-bond acceptors (Lipinski definition) is 5. The molecule has 29 heavy (non-hydrogen) atoms. The van der Waals surface area contributed by atoms with Crippen molar-refractivity contribution in [2.24, 2.45) is 0 Å². The van der Waals surface area contributed by atoms with Crippen LogP contribution >= 0.6 is 23.4 Å². The van der Waals surface area contributed by atoms with Gasteiger partial charge in [0.25, 0.3) is 0 Å². The van der Waals surface area contributed by atoms with Gasteiger partial charge in [0.2, 0.25) is 0 Å². The van der Waals surface area contributed by atoms with Crippen LogP contribution in [0.1, 0.15) is 16.8 Å². The van der Waals surface area contributed by atoms with Gasteiger partial charge >= 0.3 is 0 Å². The summed E-state index contributed by atoms with van der Waals surface area (Å²) in [6.45, 7) is 0.556. The highest BCUT2D eigenvalue weighted by Gasteiger charge is 2.17. The number of para-hydroxylation sites is 1. The Hall–Kier alpha value is -3.08. The minimum Gasteiger partial charge on any atom is -0.346 e. The van der Waals surface area contributed by atoms with E-state index < -0.39 is 0 Å². The molecule has 4 rings (SSSR count). The van der Waals surface area contributed by atoms with Gasteiger partial charge in [-0.05, 0) is 24.3 Å². The second-order valence-electron chi connectivity index (χ2n) is 6.34. The Morgan fingerprint density at radius 1 is 1.21 bits per heavy atom. The van der Waals surface area contributed by atoms with E-state index in [1.165, 1.54) is 11.8 Å². The van der Waals surface area contributed by atoms with E-state index in [1.54, 1.807) is 17.0 Å². The molecule has 144 valence electrons. The van der Waals surface area contributed by atoms with Crippen LogP contribution in [0.25, 0.3) is 16.6 Å². The number of carbonyl (C=O) groups is 1. The normalized spacial score (nSPS) is 10.9. The van der Waals surface area contributed by atoms with Gasteiger partial charge in [0.1, 0.15) is 6.33 Å². The third-order valence-electron chi connectivity index (χ3n) is 4.49. The summed E-state index contributed by atoms with van der Waals surface area (Å²) in [5.41, 5.74) is 2.45. The number of thioether (sulfide) groups is 1. The average Bonchev–Trinajstić information content (AvgIpc) is 3.35. The summed E-state index contributed by atoms with van der Waals surface area (Å²) in [7, 11) is 0. The van der Waals surface area contributed by atoms with E-state index in [1.807, 2.05) is 53.2 Å². The minimum absolute atomic E-state index is 0.00236. The highest BCUT2D eigenvalue weighted by atomic mass is 35.5. The summed E-state index contributed by atoms with van der Waals surface area (Å²) in [4.78, 5) is 13.0. The van der Waals surface area contributed by atoms with Gasteiger partial charge in [-0.15, -0.1) is 10.2 Å². The molecule has 0 bridgehead atoms. The van der Waals surface area contributed by atoms with Crippen LogP contribution in [0.5, 0.6) is 0 Å². The first-order chi connectivity index (χ1) is 14.2. The van der Waals surface area contributed by atoms with Crippen LogP contribution in [0.3, 0.4) is 0 Å². The quantitative estimate of drug-likeness (QED) is 0.317. The van der Waals surface area contributed by atoms with Gasteiger partial charge in [-0.25, -0.2) is 0 Å². The average molecular weight is 422 g/mol. The minimum atomic E-state index is 0.00236. The number of nitrogens with zero attached hydrogens (tertiary/aromatic N) is 5. The molecule has 0 radical (unpaired) electrons. The smallest absolute Gasteiger partial charge is 0.196 e. The molecular formula is C21H16ClN5OS. The van der Waals surface area contributed by atoms with Crippen molar-refractivity contribution < 1.29 is 4.79 Å². The first-order valence-electron chi connectivity index (χ1n) is 8.94. The number of nitriles is 1. The van der Waals surface area contributed by atoms with Crippen molar-refractivity contribution in [2.75, 3.05) is 5.75 Å². The van der Waals surface area contributed by atoms with Crippen LogP contribution in [0, 0.1) is 11.3 Å². The summed E-state index contributed by atoms with van der Waals surface area (Å²) < 4.78 is 3.77. The van der Waals surface area contributed by atoms with Gasteiger partial charge < -0.3 is 4.57 Å². The Labute approximate surface area is 176 Å². The SMILES string of the molecule is N#CCCn1cc(C(=O)CSc2nncn2-c2cccc(Cl)c2)c2ccccc21. The van der Waals surface area contributed by atoms with E-state index in [2.05, 4.69) is 16.3 Å². The Morgan fingerprint density at radius 3 is 2.90 bits per heavy atom. The van der Waals surface area contributed by atoms with Crippen molar-refractivity contribution in [3.05, 3.63) is 71.6 Å². The molecule has 0 N–H and O–H groups in total. The van der Waals surface area contributed by atoms with E-state index in [9.17, 15) is 4.79 Å². The third-order valence-corrected chi connectivity index (χ3v) is 5.67. The van der Waals surface area contributed by atoms with E-state index in [4.69, 9.17) is 16.9 Å². The van der Waals surface area contributed by atoms with E-state index in [0.717, 1.165) is 16.6 Å². The molecule has 4 aromatic rings. The molecule has 0 atom stereocenters. The molecule has 0 saturated heterocycles. The van der Waals surface area contributed by atoms with Gasteiger partial charge in [-0.3, -0.25) is 9.36 Å². The predicted molar refractivity (Wildman–Crippen MR) is 114 cm³/mol. The number of benzene rings is 2. The number of ketones is 1. The fourth-order valence-corrected chi connectivity index (χ4v) is 4.15. The molecule has 6 nitrogen and oxygen atoms in total. The summed E-state index contributed by atoms with van der Waals surface area (Å²) in [6.07, 6.45) is 3.84. The van der Waals surface area contributed by atoms with Gasteiger partial charge in [0.05, 0.1) is 23.9 Å². The largest absolute Gasteiger partial charge is 0.346 e. The van der Waals surface area contributed by atoms with E-state index in [-0.39, 0.29) is 11.5 Å². The highest BCUT2D eigenvalue weighted by molar-refractivity contribution is 7.99. The van der Waals surface area contributed by atoms with Gasteiger partial charge in [-0.1, -0.05) is 47.6 Å². The molecule has 2 aromatic heterocycles. The first kappa shape index (κ1) is 19.2. The van der Waals surface area contributed by atoms with Crippen molar-refractivity contribution in [2.45, 2.75) is 18.1 Å². The summed E-state index contributed by atoms with van der Waals surface area (Å²) in [5.74, 6) is 0.230. The second kappa shape index (κ2) is 8.52. The lowest BCUT2D eigenvalue weighted by atomic mass is 10.1. The number of Topliss-reactive ketones (excluding diaryl/α,β-unsaturated/α-hetero) is 1. The lowest BCUT2D eigenvalue weighted by molar-refractivity contribution is 0.102. The molecule has 0 amide bonds. The Morgan fingerprint density at radius 2 is 2.07 bits per heavy atom. The summed E-state index contributed by atoms with van der Waals surface area (Å²) >= 11 is 7.41. The third kappa shape index (κ3) is 4.04. The number of halogens is 1. The van der Waals surface area contributed by atoms with Crippen LogP contribution in [-0.4, -0.2) is 30.9 Å². The number of carbonyl (C=O) groups excluding carboxylic acids is 1. The molecule has 0 aliphatic rings. The number of hydrogen-bond donors (Lipinski definition) is 0. The zero-order valence-corrected chi connectivity index (χ0v) is 16.9. The Bertz CT molecular complexity index is 1220. The van der Waals surface area contributed by atoms with Crippen LogP contribution in [0.2, 0.25) is 5.02 Å². The fraction of sp³-hybridized carbons (Fsp3) is 0.143. The molecular weight excluding hydrogens is 406 g/mol. The lowest BCUT2D eigenvalue weighted by Gasteiger charge is -2.06. The molecule has 0 aliphatic carbocycles. The maximum absolute atomic E-state index is 13.0. The Kier molecular flexibility index (Phi) is 5.65. The van der Waals surface area contributed by atoms with Crippen molar-refractivity contribution in [1.29, 1.82) is 5.26 Å². The van der Waals surface area contributed by atoms with Crippen molar-refractivity contribution >= 4 is 40.0 Å². The van der Waals surface area contributed by atoms with Gasteiger partial charge in [0.15, 0.2) is 10.9 Å². The summed E-state index contributed by atoms with van der Waals surface area (Å²) in [6, 6.07) is 17.3. The van der Waals surface area contributed by atoms with Crippen LogP contribution in [-0.2, 0) is 6.54 Å². The number of aryl methyl sites for hydroxylation is 1. The monoisotopic (exact) mass is 421 g/mol. The van der Waals surface area contributed by atoms with Crippen LogP contribution < -0.4 is 0 Å². The van der Waals surface area contributed by atoms with Gasteiger partial charge in [-0.2, -0.15) is 5.26 Å². The lowest BCUT2D eigenvalue weighted by Crippen LogP contribution is -2.04. The maximum Gasteiger partial charge on any atom is 0.196 e. The fourth-order valence-electron chi connectivity index (χ4n) is 3.16. The molecule has 0 unspecified atom stereocenters.